The normalized spacial score (nSPS) is 25.4. The highest BCUT2D eigenvalue weighted by atomic mass is 16.5. The number of ether oxygens (including phenoxy) is 1. The average molecular weight is 350 g/mol. The molecule has 0 aromatic carbocycles. The van der Waals surface area contributed by atoms with Gasteiger partial charge in [0.25, 0.3) is 0 Å². The second-order valence-corrected chi connectivity index (χ2v) is 5.42. The molecule has 2 unspecified atom stereocenters. The van der Waals surface area contributed by atoms with Gasteiger partial charge >= 0.3 is 23.9 Å². The van der Waals surface area contributed by atoms with E-state index in [9.17, 15) is 39.6 Å². The molecule has 0 radical (unpaired) electrons. The summed E-state index contributed by atoms with van der Waals surface area (Å²) in [7, 11) is 0. The highest BCUT2D eigenvalue weighted by molar-refractivity contribution is 6.03. The van der Waals surface area contributed by atoms with Gasteiger partial charge in [-0.2, -0.15) is 0 Å². The van der Waals surface area contributed by atoms with Gasteiger partial charge in [-0.05, 0) is 0 Å². The Bertz CT molecular complexity index is 651. The Morgan fingerprint density at radius 1 is 0.640 bits per heavy atom. The van der Waals surface area contributed by atoms with E-state index in [-0.39, 0.29) is 0 Å². The number of allylic oxidation sites excluding steroid dienone is 4. The quantitative estimate of drug-likeness (QED) is 0.494. The number of carboxylic acid groups (broad SMARTS) is 4. The maximum absolute atomic E-state index is 11.6. The summed E-state index contributed by atoms with van der Waals surface area (Å²) in [6.45, 7) is 0. The maximum Gasteiger partial charge on any atom is 0.328 e. The summed E-state index contributed by atoms with van der Waals surface area (Å²) in [5, 5.41) is 37.6. The molecule has 132 valence electrons. The van der Waals surface area contributed by atoms with Crippen LogP contribution in [0.5, 0.6) is 0 Å². The Balaban J connectivity index is 2.48. The lowest BCUT2D eigenvalue weighted by Gasteiger charge is -2.37. The molecule has 0 saturated carbocycles. The predicted molar refractivity (Wildman–Crippen MR) is 80.6 cm³/mol. The Labute approximate surface area is 140 Å². The average Bonchev–Trinajstić information content (AvgIpc) is 2.54. The topological polar surface area (TPSA) is 158 Å². The third-order valence-electron chi connectivity index (χ3n) is 4.12. The van der Waals surface area contributed by atoms with Gasteiger partial charge < -0.3 is 25.2 Å². The Morgan fingerprint density at radius 2 is 0.960 bits per heavy atom. The van der Waals surface area contributed by atoms with E-state index in [1.54, 1.807) is 0 Å². The smallest absolute Gasteiger partial charge is 0.328 e. The van der Waals surface area contributed by atoms with E-state index in [2.05, 4.69) is 0 Å². The van der Waals surface area contributed by atoms with Crippen LogP contribution in [0.1, 0.15) is 0 Å². The first kappa shape index (κ1) is 18.1. The zero-order valence-electron chi connectivity index (χ0n) is 12.6. The molecule has 2 aliphatic carbocycles. The van der Waals surface area contributed by atoms with Crippen molar-refractivity contribution in [3.8, 4) is 0 Å². The lowest BCUT2D eigenvalue weighted by Crippen LogP contribution is -2.54. The van der Waals surface area contributed by atoms with Crippen LogP contribution in [0.15, 0.2) is 48.6 Å². The van der Waals surface area contributed by atoms with Crippen molar-refractivity contribution in [2.24, 2.45) is 10.8 Å². The van der Waals surface area contributed by atoms with E-state index in [4.69, 9.17) is 4.74 Å². The molecule has 0 fully saturated rings. The summed E-state index contributed by atoms with van der Waals surface area (Å²) in [4.78, 5) is 46.4. The second kappa shape index (κ2) is 6.36. The molecule has 25 heavy (non-hydrogen) atoms. The minimum atomic E-state index is -2.51. The van der Waals surface area contributed by atoms with E-state index < -0.39 is 46.9 Å². The first-order valence-electron chi connectivity index (χ1n) is 7.00. The lowest BCUT2D eigenvalue weighted by atomic mass is 9.76. The first-order chi connectivity index (χ1) is 11.7. The molecule has 0 heterocycles. The van der Waals surface area contributed by atoms with Crippen LogP contribution < -0.4 is 0 Å². The van der Waals surface area contributed by atoms with Crippen molar-refractivity contribution in [1.29, 1.82) is 0 Å². The second-order valence-electron chi connectivity index (χ2n) is 5.42. The van der Waals surface area contributed by atoms with E-state index in [0.29, 0.717) is 0 Å². The van der Waals surface area contributed by atoms with Gasteiger partial charge in [-0.15, -0.1) is 0 Å². The van der Waals surface area contributed by atoms with E-state index in [0.717, 1.165) is 24.3 Å². The van der Waals surface area contributed by atoms with Crippen molar-refractivity contribution >= 4 is 23.9 Å². The van der Waals surface area contributed by atoms with Crippen molar-refractivity contribution in [2.75, 3.05) is 0 Å². The number of hydrogen-bond acceptors (Lipinski definition) is 5. The predicted octanol–water partition coefficient (Wildman–Crippen LogP) is 0.303. The molecule has 0 aromatic heterocycles. The fourth-order valence-corrected chi connectivity index (χ4v) is 2.66. The monoisotopic (exact) mass is 350 g/mol. The molecule has 9 nitrogen and oxygen atoms in total. The van der Waals surface area contributed by atoms with Gasteiger partial charge in [-0.25, -0.2) is 0 Å². The fraction of sp³-hybridized carbons (Fsp3) is 0.250. The Hall–Kier alpha value is -3.20. The zero-order valence-corrected chi connectivity index (χ0v) is 12.6. The number of aliphatic carboxylic acids is 4. The van der Waals surface area contributed by atoms with Crippen LogP contribution in [0.2, 0.25) is 0 Å². The number of carboxylic acids is 4. The number of rotatable bonds is 6. The summed E-state index contributed by atoms with van der Waals surface area (Å²) in [6.07, 6.45) is 5.90. The minimum Gasteiger partial charge on any atom is -0.480 e. The van der Waals surface area contributed by atoms with Gasteiger partial charge in [-0.1, -0.05) is 48.6 Å². The molecule has 0 spiro atoms. The van der Waals surface area contributed by atoms with Crippen molar-refractivity contribution in [3.05, 3.63) is 48.6 Å². The Kier molecular flexibility index (Phi) is 4.62. The van der Waals surface area contributed by atoms with Gasteiger partial charge in [0.2, 0.25) is 10.8 Å². The molecule has 9 heteroatoms. The highest BCUT2D eigenvalue weighted by Gasteiger charge is 2.57. The van der Waals surface area contributed by atoms with Crippen molar-refractivity contribution in [2.45, 2.75) is 12.2 Å². The van der Waals surface area contributed by atoms with Crippen LogP contribution >= 0.6 is 0 Å². The van der Waals surface area contributed by atoms with E-state index in [1.807, 2.05) is 0 Å². The highest BCUT2D eigenvalue weighted by Crippen LogP contribution is 2.38. The molecule has 0 aliphatic heterocycles. The number of carbonyl (C=O) groups is 4. The van der Waals surface area contributed by atoms with Crippen LogP contribution in [0, 0.1) is 10.8 Å². The van der Waals surface area contributed by atoms with Crippen LogP contribution in [0.3, 0.4) is 0 Å². The van der Waals surface area contributed by atoms with Crippen LogP contribution in [-0.2, 0) is 23.9 Å². The van der Waals surface area contributed by atoms with Gasteiger partial charge in [0.05, 0.1) is 0 Å². The fourth-order valence-electron chi connectivity index (χ4n) is 2.66. The minimum absolute atomic E-state index is 0.897. The zero-order chi connectivity index (χ0) is 18.8. The van der Waals surface area contributed by atoms with E-state index >= 15 is 0 Å². The van der Waals surface area contributed by atoms with Crippen molar-refractivity contribution in [1.82, 2.24) is 0 Å². The van der Waals surface area contributed by atoms with Gasteiger partial charge in [0, 0.05) is 0 Å². The molecule has 0 amide bonds. The summed E-state index contributed by atoms with van der Waals surface area (Å²) in [6, 6.07) is 0. The molecule has 0 saturated heterocycles. The molecular weight excluding hydrogens is 336 g/mol. The van der Waals surface area contributed by atoms with E-state index in [1.165, 1.54) is 24.3 Å². The number of hydrogen-bond donors (Lipinski definition) is 4. The van der Waals surface area contributed by atoms with Gasteiger partial charge in [0.1, 0.15) is 12.2 Å². The van der Waals surface area contributed by atoms with Gasteiger partial charge in [-0.3, -0.25) is 19.2 Å². The Morgan fingerprint density at radius 3 is 1.24 bits per heavy atom. The largest absolute Gasteiger partial charge is 0.480 e. The first-order valence-corrected chi connectivity index (χ1v) is 7.00. The summed E-state index contributed by atoms with van der Waals surface area (Å²) >= 11 is 0. The SMILES string of the molecule is O=C(O)C1(C(=O)O)C=CC=CC1OC1C=CC=CC1(C(=O)O)C(=O)O. The molecule has 0 bridgehead atoms. The molecule has 2 aliphatic rings. The maximum atomic E-state index is 11.6. The van der Waals surface area contributed by atoms with Crippen molar-refractivity contribution < 1.29 is 44.3 Å². The third kappa shape index (κ3) is 2.64. The lowest BCUT2D eigenvalue weighted by molar-refractivity contribution is -0.178. The summed E-state index contributed by atoms with van der Waals surface area (Å²) in [5.41, 5.74) is -5.01. The molecular formula is C16H14O9. The van der Waals surface area contributed by atoms with Gasteiger partial charge in [0.15, 0.2) is 0 Å². The summed E-state index contributed by atoms with van der Waals surface area (Å²) < 4.78 is 5.41. The summed E-state index contributed by atoms with van der Waals surface area (Å²) in [5.74, 6) is -6.90. The van der Waals surface area contributed by atoms with Crippen LogP contribution in [0.4, 0.5) is 0 Å². The molecule has 2 atom stereocenters. The third-order valence-corrected chi connectivity index (χ3v) is 4.12. The van der Waals surface area contributed by atoms with Crippen LogP contribution in [-0.4, -0.2) is 56.5 Å². The molecule has 4 N–H and O–H groups in total. The van der Waals surface area contributed by atoms with Crippen LogP contribution in [0.25, 0.3) is 0 Å². The molecule has 0 aromatic rings. The van der Waals surface area contributed by atoms with Crippen molar-refractivity contribution in [3.63, 3.8) is 0 Å². The standard InChI is InChI=1S/C16H14O9/c17-11(18)15(12(19)20)7-3-1-5-9(15)25-10-6-2-4-8-16(10,13(21)22)14(23)24/h1-10H,(H,17,18)(H,19,20)(H,21,22)(H,23,24). The molecule has 2 rings (SSSR count).